The van der Waals surface area contributed by atoms with Crippen molar-refractivity contribution in [2.75, 3.05) is 32.1 Å². The van der Waals surface area contributed by atoms with Crippen LogP contribution in [0.3, 0.4) is 0 Å². The van der Waals surface area contributed by atoms with E-state index in [0.29, 0.717) is 0 Å². The largest absolute Gasteiger partial charge is 0.383 e. The molecule has 0 amide bonds. The molecule has 0 radical (unpaired) electrons. The van der Waals surface area contributed by atoms with Crippen LogP contribution in [0.5, 0.6) is 0 Å². The number of nitrogens with zero attached hydrogens (tertiary/aromatic N) is 2. The molecule has 0 bridgehead atoms. The molecule has 1 aromatic rings. The van der Waals surface area contributed by atoms with Crippen LogP contribution in [-0.2, 0) is 11.3 Å². The van der Waals surface area contributed by atoms with Crippen LogP contribution in [0.25, 0.3) is 0 Å². The van der Waals surface area contributed by atoms with Crippen LogP contribution in [0.2, 0.25) is 5.02 Å². The molecule has 0 aromatic carbocycles. The lowest BCUT2D eigenvalue weighted by Crippen LogP contribution is -2.29. The van der Waals surface area contributed by atoms with Crippen molar-refractivity contribution in [1.29, 1.82) is 0 Å². The Morgan fingerprint density at radius 3 is 2.94 bits per heavy atom. The molecule has 0 unspecified atom stereocenters. The van der Waals surface area contributed by atoms with Crippen LogP contribution in [0.4, 0.5) is 0 Å². The first-order chi connectivity index (χ1) is 7.77. The Balaban J connectivity index is 2.56. The SMILES string of the molecule is COCCN(CCBr)Cc1ccncc1Cl. The fourth-order valence-corrected chi connectivity index (χ4v) is 2.06. The van der Waals surface area contributed by atoms with Crippen molar-refractivity contribution in [3.8, 4) is 0 Å². The predicted molar refractivity (Wildman–Crippen MR) is 70.2 cm³/mol. The number of halogens is 2. The van der Waals surface area contributed by atoms with E-state index in [1.807, 2.05) is 6.07 Å². The number of hydrogen-bond donors (Lipinski definition) is 0. The van der Waals surface area contributed by atoms with Gasteiger partial charge in [0, 0.05) is 44.5 Å². The molecule has 16 heavy (non-hydrogen) atoms. The normalized spacial score (nSPS) is 11.0. The van der Waals surface area contributed by atoms with Crippen LogP contribution in [-0.4, -0.2) is 42.0 Å². The van der Waals surface area contributed by atoms with E-state index in [2.05, 4.69) is 25.8 Å². The van der Waals surface area contributed by atoms with Crippen molar-refractivity contribution in [3.05, 3.63) is 29.0 Å². The molecule has 1 rings (SSSR count). The molecule has 1 aromatic heterocycles. The van der Waals surface area contributed by atoms with E-state index in [0.717, 1.165) is 42.2 Å². The van der Waals surface area contributed by atoms with Gasteiger partial charge in [-0.3, -0.25) is 9.88 Å². The Kier molecular flexibility index (Phi) is 6.96. The Labute approximate surface area is 110 Å². The van der Waals surface area contributed by atoms with Crippen LogP contribution in [0, 0.1) is 0 Å². The third kappa shape index (κ3) is 4.78. The molecule has 90 valence electrons. The van der Waals surface area contributed by atoms with Gasteiger partial charge in [0.05, 0.1) is 11.6 Å². The molecule has 0 aliphatic carbocycles. The highest BCUT2D eigenvalue weighted by Crippen LogP contribution is 2.15. The minimum atomic E-state index is 0.722. The van der Waals surface area contributed by atoms with E-state index in [1.54, 1.807) is 19.5 Å². The molecule has 0 N–H and O–H groups in total. The van der Waals surface area contributed by atoms with Gasteiger partial charge in [0.15, 0.2) is 0 Å². The number of pyridine rings is 1. The lowest BCUT2D eigenvalue weighted by atomic mass is 10.2. The van der Waals surface area contributed by atoms with Crippen molar-refractivity contribution in [2.45, 2.75) is 6.54 Å². The van der Waals surface area contributed by atoms with E-state index in [4.69, 9.17) is 16.3 Å². The summed E-state index contributed by atoms with van der Waals surface area (Å²) in [5.74, 6) is 0. The zero-order valence-corrected chi connectivity index (χ0v) is 11.7. The van der Waals surface area contributed by atoms with Crippen LogP contribution in [0.1, 0.15) is 5.56 Å². The molecule has 0 saturated carbocycles. The lowest BCUT2D eigenvalue weighted by molar-refractivity contribution is 0.148. The molecule has 0 fully saturated rings. The second-order valence-electron chi connectivity index (χ2n) is 3.43. The van der Waals surface area contributed by atoms with Gasteiger partial charge in [0.1, 0.15) is 0 Å². The first-order valence-electron chi connectivity index (χ1n) is 5.13. The maximum Gasteiger partial charge on any atom is 0.0634 e. The van der Waals surface area contributed by atoms with Crippen LogP contribution >= 0.6 is 27.5 Å². The van der Waals surface area contributed by atoms with Gasteiger partial charge in [-0.1, -0.05) is 27.5 Å². The highest BCUT2D eigenvalue weighted by Gasteiger charge is 2.07. The zero-order chi connectivity index (χ0) is 11.8. The monoisotopic (exact) mass is 306 g/mol. The molecule has 1 heterocycles. The fourth-order valence-electron chi connectivity index (χ4n) is 1.38. The van der Waals surface area contributed by atoms with Crippen molar-refractivity contribution in [3.63, 3.8) is 0 Å². The molecule has 0 aliphatic heterocycles. The zero-order valence-electron chi connectivity index (χ0n) is 9.33. The molecule has 0 spiro atoms. The minimum Gasteiger partial charge on any atom is -0.383 e. The smallest absolute Gasteiger partial charge is 0.0634 e. The number of rotatable bonds is 7. The third-order valence-electron chi connectivity index (χ3n) is 2.26. The van der Waals surface area contributed by atoms with E-state index in [9.17, 15) is 0 Å². The molecular weight excluding hydrogens is 291 g/mol. The summed E-state index contributed by atoms with van der Waals surface area (Å²) in [5, 5.41) is 1.67. The summed E-state index contributed by atoms with van der Waals surface area (Å²) in [7, 11) is 1.71. The van der Waals surface area contributed by atoms with Gasteiger partial charge >= 0.3 is 0 Å². The average molecular weight is 308 g/mol. The number of ether oxygens (including phenoxy) is 1. The average Bonchev–Trinajstić information content (AvgIpc) is 2.29. The summed E-state index contributed by atoms with van der Waals surface area (Å²) in [5.41, 5.74) is 1.11. The van der Waals surface area contributed by atoms with Crippen LogP contribution in [0.15, 0.2) is 18.5 Å². The Morgan fingerprint density at radius 1 is 1.50 bits per heavy atom. The second-order valence-corrected chi connectivity index (χ2v) is 4.63. The van der Waals surface area contributed by atoms with Crippen LogP contribution < -0.4 is 0 Å². The highest BCUT2D eigenvalue weighted by atomic mass is 79.9. The van der Waals surface area contributed by atoms with Crippen molar-refractivity contribution in [1.82, 2.24) is 9.88 Å². The first kappa shape index (κ1) is 13.9. The van der Waals surface area contributed by atoms with E-state index >= 15 is 0 Å². The maximum absolute atomic E-state index is 6.07. The number of methoxy groups -OCH3 is 1. The maximum atomic E-state index is 6.07. The van der Waals surface area contributed by atoms with E-state index in [1.165, 1.54) is 0 Å². The number of aromatic nitrogens is 1. The summed E-state index contributed by atoms with van der Waals surface area (Å²) in [6.07, 6.45) is 3.45. The second kappa shape index (κ2) is 8.01. The Hall–Kier alpha value is -0.160. The van der Waals surface area contributed by atoms with Gasteiger partial charge < -0.3 is 4.74 Å². The van der Waals surface area contributed by atoms with Gasteiger partial charge in [-0.15, -0.1) is 0 Å². The summed E-state index contributed by atoms with van der Waals surface area (Å²) in [4.78, 5) is 6.27. The summed E-state index contributed by atoms with van der Waals surface area (Å²) in [6, 6.07) is 1.95. The third-order valence-corrected chi connectivity index (χ3v) is 2.96. The van der Waals surface area contributed by atoms with Crippen molar-refractivity contribution < 1.29 is 4.74 Å². The highest BCUT2D eigenvalue weighted by molar-refractivity contribution is 9.09. The Morgan fingerprint density at radius 2 is 2.31 bits per heavy atom. The molecule has 0 aliphatic rings. The van der Waals surface area contributed by atoms with Gasteiger partial charge in [-0.2, -0.15) is 0 Å². The summed E-state index contributed by atoms with van der Waals surface area (Å²) < 4.78 is 5.08. The molecule has 0 atom stereocenters. The first-order valence-corrected chi connectivity index (χ1v) is 6.63. The topological polar surface area (TPSA) is 25.4 Å². The minimum absolute atomic E-state index is 0.722. The van der Waals surface area contributed by atoms with Crippen molar-refractivity contribution in [2.24, 2.45) is 0 Å². The summed E-state index contributed by atoms with van der Waals surface area (Å²) >= 11 is 9.52. The number of hydrogen-bond acceptors (Lipinski definition) is 3. The summed E-state index contributed by atoms with van der Waals surface area (Å²) in [6.45, 7) is 3.44. The van der Waals surface area contributed by atoms with Gasteiger partial charge in [-0.25, -0.2) is 0 Å². The molecule has 5 heteroatoms. The fraction of sp³-hybridized carbons (Fsp3) is 0.545. The standard InChI is InChI=1S/C11H16BrClN2O/c1-16-7-6-15(5-3-12)9-10-2-4-14-8-11(10)13/h2,4,8H,3,5-7,9H2,1H3. The Bertz CT molecular complexity index is 312. The van der Waals surface area contributed by atoms with E-state index in [-0.39, 0.29) is 0 Å². The molecule has 0 saturated heterocycles. The van der Waals surface area contributed by atoms with E-state index < -0.39 is 0 Å². The molecular formula is C11H16BrClN2O. The lowest BCUT2D eigenvalue weighted by Gasteiger charge is -2.21. The predicted octanol–water partition coefficient (Wildman–Crippen LogP) is 2.58. The number of alkyl halides is 1. The van der Waals surface area contributed by atoms with Gasteiger partial charge in [0.2, 0.25) is 0 Å². The quantitative estimate of drug-likeness (QED) is 0.724. The van der Waals surface area contributed by atoms with Gasteiger partial charge in [-0.05, 0) is 11.6 Å². The molecule has 3 nitrogen and oxygen atoms in total. The van der Waals surface area contributed by atoms with Crippen molar-refractivity contribution >= 4 is 27.5 Å². The van der Waals surface area contributed by atoms with Gasteiger partial charge in [0.25, 0.3) is 0 Å².